The third kappa shape index (κ3) is 7.84. The van der Waals surface area contributed by atoms with Gasteiger partial charge in [0.2, 0.25) is 12.7 Å². The number of esters is 1. The first-order valence-electron chi connectivity index (χ1n) is 14.6. The maximum Gasteiger partial charge on any atom is 0.511 e. The van der Waals surface area contributed by atoms with Gasteiger partial charge in [-0.15, -0.1) is 11.3 Å². The SMILES string of the molecule is CC(C)OC(=O)OCOC(=O)c1sc(C2=CCCCC2)cc1N(C(=O)[C@H]1CC[C@H](C)CC1)C1CCN(C)CC1. The van der Waals surface area contributed by atoms with Gasteiger partial charge in [-0.05, 0) is 116 Å². The molecule has 0 radical (unpaired) electrons. The van der Waals surface area contributed by atoms with Crippen molar-refractivity contribution in [2.75, 3.05) is 31.8 Å². The molecule has 0 atom stereocenters. The fourth-order valence-electron chi connectivity index (χ4n) is 5.80. The molecule has 2 aliphatic carbocycles. The van der Waals surface area contributed by atoms with Crippen molar-refractivity contribution in [1.82, 2.24) is 4.90 Å². The molecule has 3 aliphatic rings. The molecule has 2 fully saturated rings. The number of likely N-dealkylation sites (tertiary alicyclic amines) is 1. The van der Waals surface area contributed by atoms with E-state index in [0.717, 1.165) is 75.8 Å². The van der Waals surface area contributed by atoms with E-state index >= 15 is 0 Å². The molecule has 0 spiro atoms. The monoisotopic (exact) mass is 560 g/mol. The molecule has 9 heteroatoms. The molecule has 0 bridgehead atoms. The van der Waals surface area contributed by atoms with Crippen LogP contribution in [0.5, 0.6) is 0 Å². The Morgan fingerprint density at radius 1 is 1.05 bits per heavy atom. The van der Waals surface area contributed by atoms with Gasteiger partial charge in [-0.2, -0.15) is 0 Å². The smallest absolute Gasteiger partial charge is 0.431 e. The van der Waals surface area contributed by atoms with Crippen LogP contribution in [0.15, 0.2) is 12.1 Å². The van der Waals surface area contributed by atoms with E-state index in [4.69, 9.17) is 14.2 Å². The Morgan fingerprint density at radius 3 is 2.41 bits per heavy atom. The molecule has 1 amide bonds. The minimum atomic E-state index is -0.882. The van der Waals surface area contributed by atoms with Gasteiger partial charge in [-0.1, -0.05) is 13.0 Å². The molecule has 8 nitrogen and oxygen atoms in total. The zero-order valence-electron chi connectivity index (χ0n) is 23.9. The molecule has 216 valence electrons. The van der Waals surface area contributed by atoms with Gasteiger partial charge < -0.3 is 24.0 Å². The van der Waals surface area contributed by atoms with E-state index in [1.165, 1.54) is 23.3 Å². The molecule has 1 aromatic heterocycles. The predicted molar refractivity (Wildman–Crippen MR) is 153 cm³/mol. The number of rotatable bonds is 8. The van der Waals surface area contributed by atoms with Gasteiger partial charge >= 0.3 is 12.1 Å². The molecule has 0 unspecified atom stereocenters. The van der Waals surface area contributed by atoms with Crippen LogP contribution < -0.4 is 4.90 Å². The summed E-state index contributed by atoms with van der Waals surface area (Å²) in [5.74, 6) is 0.156. The molecule has 1 saturated carbocycles. The standard InChI is InChI=1S/C30H44N2O6S/c1-20(2)38-30(35)37-19-36-29(34)27-25(18-26(39-27)22-8-6-5-7-9-22)32(24-14-16-31(4)17-15-24)28(33)23-12-10-21(3)11-13-23/h8,18,20-21,23-24H,5-7,9-17,19H2,1-4H3/t21-,23-. The van der Waals surface area contributed by atoms with Crippen LogP contribution in [-0.4, -0.2) is 62.0 Å². The Balaban J connectivity index is 1.64. The number of carbonyl (C=O) groups is 3. The largest absolute Gasteiger partial charge is 0.511 e. The maximum absolute atomic E-state index is 14.2. The van der Waals surface area contributed by atoms with Crippen molar-refractivity contribution < 1.29 is 28.6 Å². The summed E-state index contributed by atoms with van der Waals surface area (Å²) >= 11 is 1.38. The minimum Gasteiger partial charge on any atom is -0.431 e. The summed E-state index contributed by atoms with van der Waals surface area (Å²) in [6.07, 6.45) is 10.9. The van der Waals surface area contributed by atoms with E-state index in [1.54, 1.807) is 13.8 Å². The number of amides is 1. The fraction of sp³-hybridized carbons (Fsp3) is 0.700. The third-order valence-corrected chi connectivity index (χ3v) is 9.30. The topological polar surface area (TPSA) is 85.4 Å². The average molecular weight is 561 g/mol. The van der Waals surface area contributed by atoms with Gasteiger partial charge in [0.1, 0.15) is 4.88 Å². The second kappa shape index (κ2) is 13.8. The molecular weight excluding hydrogens is 516 g/mol. The number of carbonyl (C=O) groups excluding carboxylic acids is 3. The lowest BCUT2D eigenvalue weighted by atomic mass is 9.82. The van der Waals surface area contributed by atoms with Crippen LogP contribution in [0.2, 0.25) is 0 Å². The lowest BCUT2D eigenvalue weighted by molar-refractivity contribution is -0.124. The number of allylic oxidation sites excluding steroid dienone is 2. The Kier molecular flexibility index (Phi) is 10.5. The molecule has 0 aromatic carbocycles. The van der Waals surface area contributed by atoms with Gasteiger partial charge in [0.25, 0.3) is 0 Å². The summed E-state index contributed by atoms with van der Waals surface area (Å²) in [7, 11) is 2.11. The number of anilines is 1. The average Bonchev–Trinajstić information content (AvgIpc) is 3.35. The van der Waals surface area contributed by atoms with Crippen LogP contribution >= 0.6 is 11.3 Å². The normalized spacial score (nSPS) is 22.7. The van der Waals surface area contributed by atoms with Crippen LogP contribution in [-0.2, 0) is 19.0 Å². The molecule has 0 N–H and O–H groups in total. The fourth-order valence-corrected chi connectivity index (χ4v) is 6.91. The summed E-state index contributed by atoms with van der Waals surface area (Å²) in [6, 6.07) is 2.06. The first-order valence-corrected chi connectivity index (χ1v) is 15.4. The second-order valence-electron chi connectivity index (χ2n) is 11.6. The number of hydrogen-bond acceptors (Lipinski definition) is 8. The van der Waals surface area contributed by atoms with Crippen LogP contribution in [0.25, 0.3) is 5.57 Å². The summed E-state index contributed by atoms with van der Waals surface area (Å²) in [5.41, 5.74) is 1.87. The van der Waals surface area contributed by atoms with E-state index < -0.39 is 18.9 Å². The summed E-state index contributed by atoms with van der Waals surface area (Å²) < 4.78 is 15.3. The van der Waals surface area contributed by atoms with Gasteiger partial charge in [0.05, 0.1) is 11.8 Å². The van der Waals surface area contributed by atoms with Crippen molar-refractivity contribution in [1.29, 1.82) is 0 Å². The van der Waals surface area contributed by atoms with E-state index in [1.807, 2.05) is 11.0 Å². The van der Waals surface area contributed by atoms with Gasteiger partial charge in [0.15, 0.2) is 0 Å². The maximum atomic E-state index is 14.2. The molecular formula is C30H44N2O6S. The molecule has 39 heavy (non-hydrogen) atoms. The van der Waals surface area contributed by atoms with Crippen molar-refractivity contribution in [3.05, 3.63) is 21.9 Å². The summed E-state index contributed by atoms with van der Waals surface area (Å²) in [4.78, 5) is 45.1. The van der Waals surface area contributed by atoms with Crippen molar-refractivity contribution in [2.45, 2.75) is 97.1 Å². The Hall–Kier alpha value is -2.39. The van der Waals surface area contributed by atoms with Crippen molar-refractivity contribution >= 4 is 40.6 Å². The summed E-state index contributed by atoms with van der Waals surface area (Å²) in [5, 5.41) is 0. The van der Waals surface area contributed by atoms with Crippen molar-refractivity contribution in [3.63, 3.8) is 0 Å². The van der Waals surface area contributed by atoms with E-state index in [9.17, 15) is 14.4 Å². The zero-order valence-corrected chi connectivity index (χ0v) is 24.7. The zero-order chi connectivity index (χ0) is 27.9. The minimum absolute atomic E-state index is 0.0275. The number of ether oxygens (including phenoxy) is 3. The molecule has 1 aromatic rings. The van der Waals surface area contributed by atoms with Crippen LogP contribution in [0, 0.1) is 11.8 Å². The predicted octanol–water partition coefficient (Wildman–Crippen LogP) is 6.63. The highest BCUT2D eigenvalue weighted by molar-refractivity contribution is 7.15. The molecule has 4 rings (SSSR count). The van der Waals surface area contributed by atoms with Crippen molar-refractivity contribution in [2.24, 2.45) is 11.8 Å². The second-order valence-corrected chi connectivity index (χ2v) is 12.7. The van der Waals surface area contributed by atoms with E-state index in [2.05, 4.69) is 24.9 Å². The van der Waals surface area contributed by atoms with E-state index in [0.29, 0.717) is 16.5 Å². The van der Waals surface area contributed by atoms with Crippen LogP contribution in [0.3, 0.4) is 0 Å². The molecule has 1 aliphatic heterocycles. The van der Waals surface area contributed by atoms with Gasteiger partial charge in [-0.25, -0.2) is 9.59 Å². The van der Waals surface area contributed by atoms with Crippen molar-refractivity contribution in [3.8, 4) is 0 Å². The highest BCUT2D eigenvalue weighted by atomic mass is 32.1. The lowest BCUT2D eigenvalue weighted by Gasteiger charge is -2.40. The van der Waals surface area contributed by atoms with E-state index in [-0.39, 0.29) is 24.0 Å². The Morgan fingerprint density at radius 2 is 1.77 bits per heavy atom. The third-order valence-electron chi connectivity index (χ3n) is 8.12. The number of nitrogens with zero attached hydrogens (tertiary/aromatic N) is 2. The first kappa shape index (κ1) is 29.6. The quantitative estimate of drug-likeness (QED) is 0.260. The Bertz CT molecular complexity index is 1030. The molecule has 2 heterocycles. The van der Waals surface area contributed by atoms with Crippen LogP contribution in [0.4, 0.5) is 10.5 Å². The summed E-state index contributed by atoms with van der Waals surface area (Å²) in [6.45, 7) is 6.96. The van der Waals surface area contributed by atoms with Crippen LogP contribution in [0.1, 0.15) is 99.5 Å². The lowest BCUT2D eigenvalue weighted by Crippen LogP contribution is -2.49. The van der Waals surface area contributed by atoms with Gasteiger partial charge in [0, 0.05) is 16.8 Å². The Labute approximate surface area is 236 Å². The molecule has 1 saturated heterocycles. The number of thiophene rings is 1. The first-order chi connectivity index (χ1) is 18.7. The number of piperidine rings is 1. The highest BCUT2D eigenvalue weighted by Crippen LogP contribution is 2.41. The highest BCUT2D eigenvalue weighted by Gasteiger charge is 2.37. The van der Waals surface area contributed by atoms with Gasteiger partial charge in [-0.3, -0.25) is 4.79 Å². The number of hydrogen-bond donors (Lipinski definition) is 0.